The summed E-state index contributed by atoms with van der Waals surface area (Å²) in [5.41, 5.74) is -0.700. The number of phenols is 1. The molecular formula is C29H33FN2O7S. The van der Waals surface area contributed by atoms with E-state index < -0.39 is 38.3 Å². The first kappa shape index (κ1) is 30.6. The van der Waals surface area contributed by atoms with Crippen molar-refractivity contribution in [2.24, 2.45) is 0 Å². The molecular weight excluding hydrogens is 539 g/mol. The van der Waals surface area contributed by atoms with Crippen LogP contribution in [0.1, 0.15) is 58.3 Å². The highest BCUT2D eigenvalue weighted by molar-refractivity contribution is 7.91. The van der Waals surface area contributed by atoms with Gasteiger partial charge in [0.25, 0.3) is 5.91 Å². The number of nitrogens with one attached hydrogen (secondary N) is 1. The number of rotatable bonds is 15. The normalized spacial score (nSPS) is 12.1. The van der Waals surface area contributed by atoms with Crippen molar-refractivity contribution in [3.63, 3.8) is 0 Å². The van der Waals surface area contributed by atoms with Crippen molar-refractivity contribution in [3.8, 4) is 11.5 Å². The zero-order chi connectivity index (χ0) is 29.1. The number of anilines is 1. The van der Waals surface area contributed by atoms with Crippen LogP contribution in [0.25, 0.3) is 0 Å². The summed E-state index contributed by atoms with van der Waals surface area (Å²) in [7, 11) is -3.83. The summed E-state index contributed by atoms with van der Waals surface area (Å²) in [4.78, 5) is 23.4. The number of phenolic OH excluding ortho intramolecular Hbond substituents is 1. The second-order valence-electron chi connectivity index (χ2n) is 9.40. The molecule has 40 heavy (non-hydrogen) atoms. The van der Waals surface area contributed by atoms with Crippen LogP contribution in [-0.4, -0.2) is 30.5 Å². The second-order valence-corrected chi connectivity index (χ2v) is 11.3. The minimum atomic E-state index is -3.83. The van der Waals surface area contributed by atoms with Gasteiger partial charge in [-0.05, 0) is 73.5 Å². The molecule has 0 radical (unpaired) electrons. The smallest absolute Gasteiger partial charge is 0.306 e. The monoisotopic (exact) mass is 572 g/mol. The van der Waals surface area contributed by atoms with Gasteiger partial charge in [0.15, 0.2) is 6.10 Å². The average molecular weight is 573 g/mol. The first-order valence-electron chi connectivity index (χ1n) is 13.2. The van der Waals surface area contributed by atoms with Gasteiger partial charge < -0.3 is 15.2 Å². The topological polar surface area (TPSA) is 136 Å². The molecule has 0 spiro atoms. The van der Waals surface area contributed by atoms with Gasteiger partial charge in [-0.2, -0.15) is 4.39 Å². The van der Waals surface area contributed by atoms with Gasteiger partial charge >= 0.3 is 5.69 Å². The number of nitrogens with zero attached hydrogens (tertiary/aromatic N) is 1. The zero-order valence-electron chi connectivity index (χ0n) is 22.2. The molecule has 0 aliphatic rings. The van der Waals surface area contributed by atoms with Crippen molar-refractivity contribution in [1.82, 2.24) is 0 Å². The maximum Gasteiger partial charge on any atom is 0.306 e. The van der Waals surface area contributed by atoms with Gasteiger partial charge in [-0.1, -0.05) is 45.4 Å². The maximum atomic E-state index is 13.7. The third kappa shape index (κ3) is 8.51. The molecule has 1 atom stereocenters. The van der Waals surface area contributed by atoms with Gasteiger partial charge in [0.1, 0.15) is 11.5 Å². The van der Waals surface area contributed by atoms with Crippen LogP contribution in [0, 0.1) is 15.9 Å². The van der Waals surface area contributed by atoms with E-state index >= 15 is 0 Å². The van der Waals surface area contributed by atoms with Gasteiger partial charge in [-0.25, -0.2) is 8.42 Å². The summed E-state index contributed by atoms with van der Waals surface area (Å²) in [5, 5.41) is 23.1. The summed E-state index contributed by atoms with van der Waals surface area (Å²) in [6.07, 6.45) is 6.56. The van der Waals surface area contributed by atoms with E-state index in [1.165, 1.54) is 61.0 Å². The number of amides is 1. The van der Waals surface area contributed by atoms with E-state index in [4.69, 9.17) is 4.74 Å². The van der Waals surface area contributed by atoms with Crippen molar-refractivity contribution in [1.29, 1.82) is 0 Å². The van der Waals surface area contributed by atoms with Crippen molar-refractivity contribution < 1.29 is 32.4 Å². The molecule has 214 valence electrons. The number of nitro benzene ring substituents is 1. The van der Waals surface area contributed by atoms with E-state index in [-0.39, 0.29) is 27.0 Å². The van der Waals surface area contributed by atoms with E-state index in [2.05, 4.69) is 12.2 Å². The Bertz CT molecular complexity index is 1390. The van der Waals surface area contributed by atoms with Crippen LogP contribution in [0.3, 0.4) is 0 Å². The molecule has 0 fully saturated rings. The minimum absolute atomic E-state index is 0.0113. The molecule has 0 aliphatic carbocycles. The average Bonchev–Trinajstić information content (AvgIpc) is 2.93. The molecule has 1 amide bonds. The molecule has 3 aromatic carbocycles. The summed E-state index contributed by atoms with van der Waals surface area (Å²) in [6, 6.07) is 13.9. The number of hydrogen-bond donors (Lipinski definition) is 2. The van der Waals surface area contributed by atoms with Crippen molar-refractivity contribution in [2.45, 2.75) is 74.2 Å². The molecule has 3 rings (SSSR count). The van der Waals surface area contributed by atoms with Crippen molar-refractivity contribution >= 4 is 27.1 Å². The molecule has 2 N–H and O–H groups in total. The van der Waals surface area contributed by atoms with Gasteiger partial charge in [0.05, 0.1) is 14.7 Å². The van der Waals surface area contributed by atoms with Gasteiger partial charge in [0.2, 0.25) is 15.7 Å². The number of carbonyl (C=O) groups is 1. The van der Waals surface area contributed by atoms with Crippen LogP contribution in [0.15, 0.2) is 76.5 Å². The molecule has 0 saturated carbocycles. The molecule has 1 unspecified atom stereocenters. The fourth-order valence-corrected chi connectivity index (χ4v) is 5.37. The molecule has 0 saturated heterocycles. The predicted molar refractivity (Wildman–Crippen MR) is 149 cm³/mol. The number of benzene rings is 3. The van der Waals surface area contributed by atoms with Crippen LogP contribution in [-0.2, 0) is 14.6 Å². The fraction of sp³-hybridized carbons (Fsp3) is 0.345. The number of ether oxygens (including phenoxy) is 1. The molecule has 9 nitrogen and oxygen atoms in total. The van der Waals surface area contributed by atoms with E-state index in [1.54, 1.807) is 0 Å². The molecule has 3 aromatic rings. The van der Waals surface area contributed by atoms with Gasteiger partial charge in [-0.3, -0.25) is 14.9 Å². The first-order chi connectivity index (χ1) is 19.1. The van der Waals surface area contributed by atoms with Crippen LogP contribution >= 0.6 is 0 Å². The Kier molecular flexibility index (Phi) is 11.0. The lowest BCUT2D eigenvalue weighted by atomic mass is 10.1. The summed E-state index contributed by atoms with van der Waals surface area (Å²) < 4.78 is 45.5. The van der Waals surface area contributed by atoms with Crippen LogP contribution in [0.4, 0.5) is 15.8 Å². The SMILES string of the molecule is CCCCCCCCCC(Oc1ccc(S(=O)(=O)c2ccc(O)cc2)cc1)C(=O)Nc1ccc(F)c([N+](=O)[O-])c1. The zero-order valence-corrected chi connectivity index (χ0v) is 23.0. The van der Waals surface area contributed by atoms with Gasteiger partial charge in [-0.15, -0.1) is 0 Å². The molecule has 0 aliphatic heterocycles. The van der Waals surface area contributed by atoms with E-state index in [9.17, 15) is 32.8 Å². The Labute approximate surface area is 233 Å². The fourth-order valence-electron chi connectivity index (χ4n) is 4.11. The first-order valence-corrected chi connectivity index (χ1v) is 14.7. The van der Waals surface area contributed by atoms with Crippen LogP contribution < -0.4 is 10.1 Å². The quantitative estimate of drug-likeness (QED) is 0.116. The lowest BCUT2D eigenvalue weighted by Gasteiger charge is -2.19. The maximum absolute atomic E-state index is 13.7. The van der Waals surface area contributed by atoms with Gasteiger partial charge in [0, 0.05) is 11.8 Å². The molecule has 11 heteroatoms. The molecule has 0 heterocycles. The summed E-state index contributed by atoms with van der Waals surface area (Å²) >= 11 is 0. The largest absolute Gasteiger partial charge is 0.508 e. The Morgan fingerprint density at radius 3 is 2.12 bits per heavy atom. The van der Waals surface area contributed by atoms with Crippen molar-refractivity contribution in [3.05, 3.63) is 82.7 Å². The number of aromatic hydroxyl groups is 1. The Hall–Kier alpha value is -3.99. The number of nitro groups is 1. The van der Waals surface area contributed by atoms with Crippen molar-refractivity contribution in [2.75, 3.05) is 5.32 Å². The second kappa shape index (κ2) is 14.4. The number of hydrogen-bond acceptors (Lipinski definition) is 7. The number of sulfone groups is 1. The van der Waals surface area contributed by atoms with Crippen LogP contribution in [0.5, 0.6) is 11.5 Å². The highest BCUT2D eigenvalue weighted by atomic mass is 32.2. The lowest BCUT2D eigenvalue weighted by Crippen LogP contribution is -2.33. The lowest BCUT2D eigenvalue weighted by molar-refractivity contribution is -0.387. The van der Waals surface area contributed by atoms with E-state index in [0.29, 0.717) is 12.8 Å². The summed E-state index contributed by atoms with van der Waals surface area (Å²) in [6.45, 7) is 2.14. The van der Waals surface area contributed by atoms with Crippen LogP contribution in [0.2, 0.25) is 0 Å². The van der Waals surface area contributed by atoms with E-state index in [1.807, 2.05) is 0 Å². The highest BCUT2D eigenvalue weighted by Crippen LogP contribution is 2.26. The summed E-state index contributed by atoms with van der Waals surface area (Å²) in [5.74, 6) is -1.37. The molecule has 0 bridgehead atoms. The number of halogens is 1. The Balaban J connectivity index is 1.73. The highest BCUT2D eigenvalue weighted by Gasteiger charge is 2.23. The standard InChI is InChI=1S/C29H33FN2O7S/c1-2-3-4-5-6-7-8-9-28(29(34)31-21-10-19-26(30)27(20-21)32(35)36)39-23-13-17-25(18-14-23)40(37,38)24-15-11-22(33)12-16-24/h10-20,28,33H,2-9H2,1H3,(H,31,34). The molecule has 0 aromatic heterocycles. The number of carbonyl (C=O) groups excluding carboxylic acids is 1. The third-order valence-corrected chi connectivity index (χ3v) is 8.12. The number of unbranched alkanes of at least 4 members (excludes halogenated alkanes) is 6. The Morgan fingerprint density at radius 2 is 1.52 bits per heavy atom. The van der Waals surface area contributed by atoms with E-state index in [0.717, 1.165) is 44.2 Å². The minimum Gasteiger partial charge on any atom is -0.508 e. The Morgan fingerprint density at radius 1 is 0.950 bits per heavy atom. The third-order valence-electron chi connectivity index (χ3n) is 6.33. The predicted octanol–water partition coefficient (Wildman–Crippen LogP) is 6.80.